The topological polar surface area (TPSA) is 113 Å². The van der Waals surface area contributed by atoms with Crippen LogP contribution in [-0.2, 0) is 10.0 Å². The van der Waals surface area contributed by atoms with Gasteiger partial charge in [0.05, 0.1) is 11.0 Å². The van der Waals surface area contributed by atoms with Gasteiger partial charge in [0.2, 0.25) is 10.0 Å². The highest BCUT2D eigenvalue weighted by Gasteiger charge is 2.28. The first kappa shape index (κ1) is 15.7. The Hall–Kier alpha value is -1.40. The maximum absolute atomic E-state index is 11.9. The molecule has 0 fully saturated rings. The molecule has 1 aromatic rings. The molecule has 10 heteroatoms. The Balaban J connectivity index is 3.42. The number of nitrogens with one attached hydrogen (secondary N) is 1. The van der Waals surface area contributed by atoms with Crippen molar-refractivity contribution in [1.82, 2.24) is 4.72 Å². The predicted molar refractivity (Wildman–Crippen MR) is 68.5 cm³/mol. The van der Waals surface area contributed by atoms with Crippen molar-refractivity contribution in [2.24, 2.45) is 0 Å². The molecule has 102 valence electrons. The standard InChI is InChI=1S/C9H7Cl2N3O4S/c1-5(4-12)13-19(17,18)7-3-2-6(10)9(8(7)11)14(15)16/h2-3,5,13H,1H3. The van der Waals surface area contributed by atoms with E-state index in [1.807, 2.05) is 4.72 Å². The number of sulfonamides is 1. The van der Waals surface area contributed by atoms with Crippen molar-refractivity contribution in [3.8, 4) is 6.07 Å². The van der Waals surface area contributed by atoms with Crippen LogP contribution in [-0.4, -0.2) is 19.4 Å². The number of nitrogens with zero attached hydrogens (tertiary/aromatic N) is 2. The van der Waals surface area contributed by atoms with Crippen molar-refractivity contribution >= 4 is 38.9 Å². The van der Waals surface area contributed by atoms with Crippen molar-refractivity contribution in [3.05, 3.63) is 32.3 Å². The normalized spacial score (nSPS) is 12.7. The molecule has 1 atom stereocenters. The fourth-order valence-corrected chi connectivity index (χ4v) is 3.26. The molecule has 0 bridgehead atoms. The molecule has 1 rings (SSSR count). The first-order chi connectivity index (χ1) is 8.70. The molecule has 0 aliphatic rings. The molecule has 0 saturated carbocycles. The molecule has 0 amide bonds. The van der Waals surface area contributed by atoms with E-state index in [2.05, 4.69) is 0 Å². The summed E-state index contributed by atoms with van der Waals surface area (Å²) < 4.78 is 25.8. The summed E-state index contributed by atoms with van der Waals surface area (Å²) in [6, 6.07) is 2.75. The van der Waals surface area contributed by atoms with Crippen LogP contribution in [0, 0.1) is 21.4 Å². The highest BCUT2D eigenvalue weighted by molar-refractivity contribution is 7.89. The smallest absolute Gasteiger partial charge is 0.258 e. The zero-order chi connectivity index (χ0) is 14.8. The lowest BCUT2D eigenvalue weighted by Gasteiger charge is -2.09. The Bertz CT molecular complexity index is 669. The van der Waals surface area contributed by atoms with E-state index in [0.717, 1.165) is 12.1 Å². The lowest BCUT2D eigenvalue weighted by Crippen LogP contribution is -2.31. The van der Waals surface area contributed by atoms with Crippen LogP contribution < -0.4 is 4.72 Å². The molecule has 0 radical (unpaired) electrons. The highest BCUT2D eigenvalue weighted by atomic mass is 35.5. The first-order valence-corrected chi connectivity index (χ1v) is 6.99. The Morgan fingerprint density at radius 2 is 2.05 bits per heavy atom. The van der Waals surface area contributed by atoms with Gasteiger partial charge in [0, 0.05) is 0 Å². The van der Waals surface area contributed by atoms with Gasteiger partial charge >= 0.3 is 5.69 Å². The number of hydrogen-bond acceptors (Lipinski definition) is 5. The summed E-state index contributed by atoms with van der Waals surface area (Å²) in [5.74, 6) is 0. The maximum Gasteiger partial charge on any atom is 0.307 e. The van der Waals surface area contributed by atoms with Crippen molar-refractivity contribution < 1.29 is 13.3 Å². The Labute approximate surface area is 118 Å². The molecule has 0 aliphatic heterocycles. The van der Waals surface area contributed by atoms with E-state index in [1.54, 1.807) is 6.07 Å². The van der Waals surface area contributed by atoms with Crippen LogP contribution in [0.2, 0.25) is 10.0 Å². The number of halogens is 2. The second kappa shape index (κ2) is 5.71. The van der Waals surface area contributed by atoms with Gasteiger partial charge in [-0.1, -0.05) is 23.2 Å². The quantitative estimate of drug-likeness (QED) is 0.673. The lowest BCUT2D eigenvalue weighted by molar-refractivity contribution is -0.384. The average Bonchev–Trinajstić information content (AvgIpc) is 2.27. The SMILES string of the molecule is CC(C#N)NS(=O)(=O)c1ccc(Cl)c([N+](=O)[O-])c1Cl. The Kier molecular flexibility index (Phi) is 4.70. The molecule has 1 unspecified atom stereocenters. The van der Waals surface area contributed by atoms with Crippen LogP contribution in [0.15, 0.2) is 17.0 Å². The number of rotatable bonds is 4. The number of nitriles is 1. The number of benzene rings is 1. The number of nitro groups is 1. The minimum Gasteiger partial charge on any atom is -0.258 e. The summed E-state index contributed by atoms with van der Waals surface area (Å²) in [4.78, 5) is 9.38. The van der Waals surface area contributed by atoms with E-state index in [9.17, 15) is 18.5 Å². The maximum atomic E-state index is 11.9. The van der Waals surface area contributed by atoms with E-state index >= 15 is 0 Å². The van der Waals surface area contributed by atoms with Crippen molar-refractivity contribution in [2.75, 3.05) is 0 Å². The van der Waals surface area contributed by atoms with E-state index in [1.165, 1.54) is 6.92 Å². The van der Waals surface area contributed by atoms with Gasteiger partial charge in [-0.05, 0) is 19.1 Å². The molecule has 0 saturated heterocycles. The molecule has 0 heterocycles. The fourth-order valence-electron chi connectivity index (χ4n) is 1.22. The molecule has 1 aromatic carbocycles. The van der Waals surface area contributed by atoms with Gasteiger partial charge in [-0.15, -0.1) is 0 Å². The van der Waals surface area contributed by atoms with Gasteiger partial charge in [-0.2, -0.15) is 9.98 Å². The molecule has 0 aliphatic carbocycles. The van der Waals surface area contributed by atoms with E-state index < -0.39 is 36.6 Å². The molecular formula is C9H7Cl2N3O4S. The Morgan fingerprint density at radius 1 is 1.47 bits per heavy atom. The van der Waals surface area contributed by atoms with Gasteiger partial charge in [-0.25, -0.2) is 8.42 Å². The van der Waals surface area contributed by atoms with Crippen molar-refractivity contribution in [3.63, 3.8) is 0 Å². The van der Waals surface area contributed by atoms with Crippen LogP contribution >= 0.6 is 23.2 Å². The predicted octanol–water partition coefficient (Wildman–Crippen LogP) is 2.09. The Morgan fingerprint density at radius 3 is 2.53 bits per heavy atom. The zero-order valence-corrected chi connectivity index (χ0v) is 11.8. The summed E-state index contributed by atoms with van der Waals surface area (Å²) in [6.07, 6.45) is 0. The molecule has 19 heavy (non-hydrogen) atoms. The fraction of sp³-hybridized carbons (Fsp3) is 0.222. The largest absolute Gasteiger partial charge is 0.307 e. The van der Waals surface area contributed by atoms with Gasteiger partial charge in [0.25, 0.3) is 0 Å². The second-order valence-corrected chi connectivity index (χ2v) is 5.90. The molecule has 0 aromatic heterocycles. The van der Waals surface area contributed by atoms with Gasteiger partial charge in [0.1, 0.15) is 21.0 Å². The van der Waals surface area contributed by atoms with E-state index in [-0.39, 0.29) is 5.02 Å². The van der Waals surface area contributed by atoms with E-state index in [4.69, 9.17) is 28.5 Å². The summed E-state index contributed by atoms with van der Waals surface area (Å²) in [7, 11) is -4.14. The highest BCUT2D eigenvalue weighted by Crippen LogP contribution is 2.36. The average molecular weight is 324 g/mol. The molecule has 7 nitrogen and oxygen atoms in total. The number of nitro benzene ring substituents is 1. The number of hydrogen-bond donors (Lipinski definition) is 1. The van der Waals surface area contributed by atoms with Crippen molar-refractivity contribution in [1.29, 1.82) is 5.26 Å². The van der Waals surface area contributed by atoms with Gasteiger partial charge in [0.15, 0.2) is 0 Å². The minimum atomic E-state index is -4.14. The summed E-state index contributed by atoms with van der Waals surface area (Å²) in [6.45, 7) is 1.32. The third-order valence-electron chi connectivity index (χ3n) is 2.03. The summed E-state index contributed by atoms with van der Waals surface area (Å²) in [5, 5.41) is 18.5. The zero-order valence-electron chi connectivity index (χ0n) is 9.42. The third-order valence-corrected chi connectivity index (χ3v) is 4.41. The first-order valence-electron chi connectivity index (χ1n) is 4.75. The van der Waals surface area contributed by atoms with Crippen LogP contribution in [0.4, 0.5) is 5.69 Å². The van der Waals surface area contributed by atoms with Crippen LogP contribution in [0.1, 0.15) is 6.92 Å². The molecular weight excluding hydrogens is 317 g/mol. The second-order valence-electron chi connectivity index (χ2n) is 3.44. The monoisotopic (exact) mass is 323 g/mol. The van der Waals surface area contributed by atoms with Crippen LogP contribution in [0.25, 0.3) is 0 Å². The van der Waals surface area contributed by atoms with Gasteiger partial charge < -0.3 is 0 Å². The minimum absolute atomic E-state index is 0.276. The third kappa shape index (κ3) is 3.33. The van der Waals surface area contributed by atoms with E-state index in [0.29, 0.717) is 0 Å². The molecule has 1 N–H and O–H groups in total. The lowest BCUT2D eigenvalue weighted by atomic mass is 10.3. The summed E-state index contributed by atoms with van der Waals surface area (Å²) in [5.41, 5.74) is -0.698. The van der Waals surface area contributed by atoms with Crippen molar-refractivity contribution in [2.45, 2.75) is 17.9 Å². The van der Waals surface area contributed by atoms with Crippen LogP contribution in [0.3, 0.4) is 0 Å². The summed E-state index contributed by atoms with van der Waals surface area (Å²) >= 11 is 11.3. The van der Waals surface area contributed by atoms with Gasteiger partial charge in [-0.3, -0.25) is 10.1 Å². The van der Waals surface area contributed by atoms with Crippen LogP contribution in [0.5, 0.6) is 0 Å². The molecule has 0 spiro atoms.